The topological polar surface area (TPSA) is 67.4 Å². The average molecular weight is 391 g/mol. The molecule has 132 valence electrons. The van der Waals surface area contributed by atoms with Crippen molar-refractivity contribution in [3.8, 4) is 5.75 Å². The Labute approximate surface area is 145 Å². The van der Waals surface area contributed by atoms with Gasteiger partial charge in [0, 0.05) is 6.04 Å². The Morgan fingerprint density at radius 3 is 2.70 bits per heavy atom. The molecule has 0 bridgehead atoms. The standard InChI is InChI=1S/C13H17ClF2N2O3S.ClH/c1-8-7-17-5-4-11(8)18-22(19,20)9-2-3-12(10(14)6-9)21-13(15)16;/h2-3,6,8,11,13,17-18H,4-5,7H2,1H3;1H. The fraction of sp³-hybridized carbons (Fsp3) is 0.538. The maximum Gasteiger partial charge on any atom is 0.387 e. The molecule has 2 N–H and O–H groups in total. The lowest BCUT2D eigenvalue weighted by Crippen LogP contribution is -2.48. The molecule has 5 nitrogen and oxygen atoms in total. The smallest absolute Gasteiger partial charge is 0.387 e. The minimum Gasteiger partial charge on any atom is -0.433 e. The van der Waals surface area contributed by atoms with Crippen LogP contribution in [0.4, 0.5) is 8.78 Å². The first-order valence-electron chi connectivity index (χ1n) is 6.77. The number of ether oxygens (including phenoxy) is 1. The van der Waals surface area contributed by atoms with Gasteiger partial charge in [-0.05, 0) is 43.6 Å². The van der Waals surface area contributed by atoms with E-state index < -0.39 is 16.6 Å². The average Bonchev–Trinajstić information content (AvgIpc) is 2.43. The number of alkyl halides is 2. The summed E-state index contributed by atoms with van der Waals surface area (Å²) in [5, 5.41) is 3.00. The summed E-state index contributed by atoms with van der Waals surface area (Å²) < 4.78 is 55.9. The summed E-state index contributed by atoms with van der Waals surface area (Å²) in [4.78, 5) is -0.0788. The number of benzene rings is 1. The number of hydrogen-bond donors (Lipinski definition) is 2. The van der Waals surface area contributed by atoms with Crippen LogP contribution >= 0.6 is 24.0 Å². The van der Waals surface area contributed by atoms with E-state index in [-0.39, 0.29) is 40.0 Å². The molecule has 0 radical (unpaired) electrons. The Kier molecular flexibility index (Phi) is 7.47. The zero-order valence-corrected chi connectivity index (χ0v) is 14.6. The lowest BCUT2D eigenvalue weighted by molar-refractivity contribution is -0.0498. The maximum atomic E-state index is 12.4. The third kappa shape index (κ3) is 5.42. The normalized spacial score (nSPS) is 21.8. The van der Waals surface area contributed by atoms with E-state index in [2.05, 4.69) is 14.8 Å². The molecule has 23 heavy (non-hydrogen) atoms. The van der Waals surface area contributed by atoms with Gasteiger partial charge >= 0.3 is 6.61 Å². The number of rotatable bonds is 5. The van der Waals surface area contributed by atoms with Crippen LogP contribution in [0.1, 0.15) is 13.3 Å². The van der Waals surface area contributed by atoms with Gasteiger partial charge < -0.3 is 10.1 Å². The van der Waals surface area contributed by atoms with Gasteiger partial charge in [0.25, 0.3) is 0 Å². The van der Waals surface area contributed by atoms with Crippen LogP contribution in [0.15, 0.2) is 23.1 Å². The third-order valence-electron chi connectivity index (χ3n) is 3.52. The SMILES string of the molecule is CC1CNCCC1NS(=O)(=O)c1ccc(OC(F)F)c(Cl)c1.Cl. The van der Waals surface area contributed by atoms with E-state index in [1.54, 1.807) is 0 Å². The van der Waals surface area contributed by atoms with E-state index in [0.717, 1.165) is 25.2 Å². The minimum atomic E-state index is -3.77. The molecule has 0 spiro atoms. The van der Waals surface area contributed by atoms with Gasteiger partial charge in [0.2, 0.25) is 10.0 Å². The van der Waals surface area contributed by atoms with Gasteiger partial charge in [-0.25, -0.2) is 13.1 Å². The van der Waals surface area contributed by atoms with Crippen LogP contribution in [0.2, 0.25) is 5.02 Å². The molecule has 0 amide bonds. The predicted molar refractivity (Wildman–Crippen MR) is 86.1 cm³/mol. The van der Waals surface area contributed by atoms with Gasteiger partial charge in [-0.1, -0.05) is 18.5 Å². The van der Waals surface area contributed by atoms with Crippen LogP contribution in [0.5, 0.6) is 5.75 Å². The molecular formula is C13H18Cl2F2N2O3S. The highest BCUT2D eigenvalue weighted by Crippen LogP contribution is 2.29. The molecule has 1 fully saturated rings. The van der Waals surface area contributed by atoms with Crippen molar-refractivity contribution in [2.24, 2.45) is 5.92 Å². The van der Waals surface area contributed by atoms with Crippen LogP contribution in [0.25, 0.3) is 0 Å². The van der Waals surface area contributed by atoms with Crippen molar-refractivity contribution >= 4 is 34.0 Å². The second-order valence-electron chi connectivity index (χ2n) is 5.17. The monoisotopic (exact) mass is 390 g/mol. The molecule has 0 aliphatic carbocycles. The summed E-state index contributed by atoms with van der Waals surface area (Å²) in [7, 11) is -3.77. The molecule has 1 heterocycles. The summed E-state index contributed by atoms with van der Waals surface area (Å²) in [6.07, 6.45) is 0.681. The quantitative estimate of drug-likeness (QED) is 0.810. The van der Waals surface area contributed by atoms with Gasteiger partial charge in [-0.3, -0.25) is 0 Å². The minimum absolute atomic E-state index is 0. The van der Waals surface area contributed by atoms with Gasteiger partial charge in [-0.15, -0.1) is 12.4 Å². The first-order chi connectivity index (χ1) is 10.3. The largest absolute Gasteiger partial charge is 0.433 e. The maximum absolute atomic E-state index is 12.4. The first kappa shape index (κ1) is 20.4. The van der Waals surface area contributed by atoms with Crippen molar-refractivity contribution in [1.82, 2.24) is 10.0 Å². The van der Waals surface area contributed by atoms with Crippen LogP contribution in [0.3, 0.4) is 0 Å². The number of piperidine rings is 1. The zero-order valence-electron chi connectivity index (χ0n) is 12.3. The zero-order chi connectivity index (χ0) is 16.3. The number of hydrogen-bond acceptors (Lipinski definition) is 4. The molecule has 2 rings (SSSR count). The number of halogens is 4. The highest BCUT2D eigenvalue weighted by molar-refractivity contribution is 7.89. The summed E-state index contributed by atoms with van der Waals surface area (Å²) in [5.74, 6) is -0.105. The van der Waals surface area contributed by atoms with Gasteiger partial charge in [0.15, 0.2) is 0 Å². The van der Waals surface area contributed by atoms with Crippen molar-refractivity contribution in [3.63, 3.8) is 0 Å². The van der Waals surface area contributed by atoms with Crippen molar-refractivity contribution in [2.75, 3.05) is 13.1 Å². The molecule has 1 aliphatic heterocycles. The second-order valence-corrected chi connectivity index (χ2v) is 7.29. The molecule has 1 saturated heterocycles. The summed E-state index contributed by atoms with van der Waals surface area (Å²) in [6.45, 7) is 0.397. The molecule has 2 unspecified atom stereocenters. The summed E-state index contributed by atoms with van der Waals surface area (Å²) in [5.41, 5.74) is 0. The van der Waals surface area contributed by atoms with Crippen molar-refractivity contribution < 1.29 is 21.9 Å². The highest BCUT2D eigenvalue weighted by Gasteiger charge is 2.27. The second kappa shape index (κ2) is 8.43. The Balaban J connectivity index is 0.00000264. The molecule has 10 heteroatoms. The van der Waals surface area contributed by atoms with Gasteiger partial charge in [0.1, 0.15) is 5.75 Å². The van der Waals surface area contributed by atoms with Crippen molar-refractivity contribution in [1.29, 1.82) is 0 Å². The Hall–Kier alpha value is -0.670. The van der Waals surface area contributed by atoms with E-state index in [9.17, 15) is 17.2 Å². The van der Waals surface area contributed by atoms with Gasteiger partial charge in [-0.2, -0.15) is 8.78 Å². The van der Waals surface area contributed by atoms with Crippen LogP contribution in [-0.4, -0.2) is 34.2 Å². The molecule has 1 aromatic rings. The van der Waals surface area contributed by atoms with Crippen molar-refractivity contribution in [2.45, 2.75) is 30.9 Å². The van der Waals surface area contributed by atoms with Crippen LogP contribution in [-0.2, 0) is 10.0 Å². The summed E-state index contributed by atoms with van der Waals surface area (Å²) in [6, 6.07) is 3.24. The fourth-order valence-electron chi connectivity index (χ4n) is 2.30. The van der Waals surface area contributed by atoms with Crippen LogP contribution in [0, 0.1) is 5.92 Å². The molecule has 0 saturated carbocycles. The Morgan fingerprint density at radius 1 is 1.43 bits per heavy atom. The van der Waals surface area contributed by atoms with Crippen molar-refractivity contribution in [3.05, 3.63) is 23.2 Å². The van der Waals surface area contributed by atoms with E-state index in [1.807, 2.05) is 6.92 Å². The molecule has 1 aromatic carbocycles. The van der Waals surface area contributed by atoms with E-state index >= 15 is 0 Å². The first-order valence-corrected chi connectivity index (χ1v) is 8.63. The fourth-order valence-corrected chi connectivity index (χ4v) is 3.99. The third-order valence-corrected chi connectivity index (χ3v) is 5.30. The lowest BCUT2D eigenvalue weighted by atomic mass is 9.97. The molecule has 0 aromatic heterocycles. The molecular weight excluding hydrogens is 373 g/mol. The summed E-state index contributed by atoms with van der Waals surface area (Å²) >= 11 is 5.79. The van der Waals surface area contributed by atoms with E-state index in [4.69, 9.17) is 11.6 Å². The lowest BCUT2D eigenvalue weighted by Gasteiger charge is -2.30. The number of nitrogens with one attached hydrogen (secondary N) is 2. The van der Waals surface area contributed by atoms with E-state index in [0.29, 0.717) is 6.42 Å². The number of sulfonamides is 1. The highest BCUT2D eigenvalue weighted by atomic mass is 35.5. The Bertz CT molecular complexity index is 632. The molecule has 2 atom stereocenters. The van der Waals surface area contributed by atoms with Crippen LogP contribution < -0.4 is 14.8 Å². The van der Waals surface area contributed by atoms with E-state index in [1.165, 1.54) is 6.07 Å². The molecule has 1 aliphatic rings. The Morgan fingerprint density at radius 2 is 2.13 bits per heavy atom. The predicted octanol–water partition coefficient (Wildman–Crippen LogP) is 2.64. The van der Waals surface area contributed by atoms with Gasteiger partial charge in [0.05, 0.1) is 9.92 Å².